The van der Waals surface area contributed by atoms with Crippen LogP contribution in [0.1, 0.15) is 25.6 Å². The molecule has 13 heavy (non-hydrogen) atoms. The van der Waals surface area contributed by atoms with Gasteiger partial charge in [-0.05, 0) is 6.42 Å². The minimum Gasteiger partial charge on any atom is -0.393 e. The second-order valence-electron chi connectivity index (χ2n) is 2.96. The quantitative estimate of drug-likeness (QED) is 0.807. The highest BCUT2D eigenvalue weighted by Gasteiger charge is 2.05. The predicted octanol–water partition coefficient (Wildman–Crippen LogP) is 1.83. The fourth-order valence-electron chi connectivity index (χ4n) is 1.09. The number of rotatable bonds is 4. The predicted molar refractivity (Wildman–Crippen MR) is 51.7 cm³/mol. The summed E-state index contributed by atoms with van der Waals surface area (Å²) >= 11 is 5.62. The number of nitrogens with zero attached hydrogens (tertiary/aromatic N) is 2. The maximum absolute atomic E-state index is 9.46. The molecular formula is C9H13ClN2O. The lowest BCUT2D eigenvalue weighted by atomic mass is 10.1. The molecule has 1 N–H and O–H groups in total. The van der Waals surface area contributed by atoms with E-state index in [0.717, 1.165) is 12.8 Å². The molecule has 4 heteroatoms. The lowest BCUT2D eigenvalue weighted by Gasteiger charge is -2.06. The number of aromatic nitrogens is 2. The van der Waals surface area contributed by atoms with Gasteiger partial charge in [-0.25, -0.2) is 9.97 Å². The highest BCUT2D eigenvalue weighted by atomic mass is 35.5. The first-order valence-electron chi connectivity index (χ1n) is 4.37. The molecule has 1 rings (SSSR count). The Morgan fingerprint density at radius 2 is 2.08 bits per heavy atom. The van der Waals surface area contributed by atoms with Crippen molar-refractivity contribution < 1.29 is 5.11 Å². The van der Waals surface area contributed by atoms with Gasteiger partial charge in [-0.2, -0.15) is 0 Å². The molecule has 1 heterocycles. The average Bonchev–Trinajstić information content (AvgIpc) is 2.09. The third kappa shape index (κ3) is 3.70. The third-order valence-electron chi connectivity index (χ3n) is 1.71. The van der Waals surface area contributed by atoms with Crippen molar-refractivity contribution in [2.24, 2.45) is 0 Å². The zero-order valence-electron chi connectivity index (χ0n) is 7.57. The number of hydrogen-bond donors (Lipinski definition) is 1. The van der Waals surface area contributed by atoms with E-state index in [1.165, 1.54) is 0 Å². The normalized spacial score (nSPS) is 12.8. The molecule has 3 nitrogen and oxygen atoms in total. The molecule has 1 aromatic rings. The van der Waals surface area contributed by atoms with Crippen LogP contribution in [0.2, 0.25) is 5.02 Å². The Hall–Kier alpha value is -0.670. The molecule has 0 amide bonds. The van der Waals surface area contributed by atoms with Gasteiger partial charge in [0.25, 0.3) is 0 Å². The summed E-state index contributed by atoms with van der Waals surface area (Å²) in [5.41, 5.74) is 0. The maximum atomic E-state index is 9.46. The van der Waals surface area contributed by atoms with E-state index in [1.54, 1.807) is 12.4 Å². The number of aliphatic hydroxyl groups is 1. The Labute approximate surface area is 82.8 Å². The molecule has 0 saturated heterocycles. The molecule has 0 aromatic carbocycles. The topological polar surface area (TPSA) is 46.0 Å². The van der Waals surface area contributed by atoms with Crippen LogP contribution >= 0.6 is 11.6 Å². The zero-order chi connectivity index (χ0) is 9.68. The van der Waals surface area contributed by atoms with Crippen molar-refractivity contribution >= 4 is 11.6 Å². The summed E-state index contributed by atoms with van der Waals surface area (Å²) in [5.74, 6) is 0.644. The van der Waals surface area contributed by atoms with Crippen LogP contribution in [0, 0.1) is 0 Å². The summed E-state index contributed by atoms with van der Waals surface area (Å²) in [7, 11) is 0. The molecule has 0 saturated carbocycles. The largest absolute Gasteiger partial charge is 0.393 e. The van der Waals surface area contributed by atoms with Gasteiger partial charge >= 0.3 is 0 Å². The molecule has 0 aliphatic carbocycles. The van der Waals surface area contributed by atoms with E-state index in [0.29, 0.717) is 17.3 Å². The molecule has 0 bridgehead atoms. The lowest BCUT2D eigenvalue weighted by molar-refractivity contribution is 0.161. The first kappa shape index (κ1) is 10.4. The summed E-state index contributed by atoms with van der Waals surface area (Å²) in [6, 6.07) is 0. The minimum absolute atomic E-state index is 0.342. The summed E-state index contributed by atoms with van der Waals surface area (Å²) in [6.07, 6.45) is 5.00. The van der Waals surface area contributed by atoms with E-state index in [4.69, 9.17) is 11.6 Å². The van der Waals surface area contributed by atoms with Crippen LogP contribution in [0.4, 0.5) is 0 Å². The maximum Gasteiger partial charge on any atom is 0.130 e. The minimum atomic E-state index is -0.342. The van der Waals surface area contributed by atoms with Crippen LogP contribution in [0.25, 0.3) is 0 Å². The second kappa shape index (κ2) is 5.14. The molecule has 1 unspecified atom stereocenters. The number of halogens is 1. The van der Waals surface area contributed by atoms with Gasteiger partial charge in [0.05, 0.1) is 11.1 Å². The van der Waals surface area contributed by atoms with Gasteiger partial charge < -0.3 is 5.11 Å². The molecule has 0 radical (unpaired) electrons. The van der Waals surface area contributed by atoms with Gasteiger partial charge in [0.1, 0.15) is 5.82 Å². The van der Waals surface area contributed by atoms with Gasteiger partial charge in [-0.3, -0.25) is 0 Å². The van der Waals surface area contributed by atoms with Crippen LogP contribution in [0.3, 0.4) is 0 Å². The molecule has 1 atom stereocenters. The van der Waals surface area contributed by atoms with Crippen molar-refractivity contribution in [2.45, 2.75) is 32.3 Å². The molecule has 0 aliphatic rings. The average molecular weight is 201 g/mol. The molecule has 72 valence electrons. The van der Waals surface area contributed by atoms with E-state index in [-0.39, 0.29) is 6.10 Å². The molecule has 0 fully saturated rings. The SMILES string of the molecule is CCCC(O)Cc1ncc(Cl)cn1. The van der Waals surface area contributed by atoms with Gasteiger partial charge in [0.2, 0.25) is 0 Å². The van der Waals surface area contributed by atoms with Crippen LogP contribution in [-0.4, -0.2) is 21.2 Å². The van der Waals surface area contributed by atoms with Crippen molar-refractivity contribution in [2.75, 3.05) is 0 Å². The monoisotopic (exact) mass is 200 g/mol. The first-order valence-corrected chi connectivity index (χ1v) is 4.74. The van der Waals surface area contributed by atoms with Crippen LogP contribution < -0.4 is 0 Å². The Kier molecular flexibility index (Phi) is 4.12. The summed E-state index contributed by atoms with van der Waals surface area (Å²) < 4.78 is 0. The molecule has 1 aromatic heterocycles. The summed E-state index contributed by atoms with van der Waals surface area (Å²) in [5, 5.41) is 9.98. The highest BCUT2D eigenvalue weighted by Crippen LogP contribution is 2.06. The van der Waals surface area contributed by atoms with Crippen molar-refractivity contribution in [3.63, 3.8) is 0 Å². The van der Waals surface area contributed by atoms with Crippen LogP contribution in [0.5, 0.6) is 0 Å². The highest BCUT2D eigenvalue weighted by molar-refractivity contribution is 6.30. The molecule has 0 aliphatic heterocycles. The zero-order valence-corrected chi connectivity index (χ0v) is 8.33. The van der Waals surface area contributed by atoms with Crippen molar-refractivity contribution in [1.29, 1.82) is 0 Å². The fourth-order valence-corrected chi connectivity index (χ4v) is 1.19. The third-order valence-corrected chi connectivity index (χ3v) is 1.91. The van der Waals surface area contributed by atoms with Crippen molar-refractivity contribution in [3.05, 3.63) is 23.2 Å². The van der Waals surface area contributed by atoms with E-state index >= 15 is 0 Å². The van der Waals surface area contributed by atoms with Crippen LogP contribution in [-0.2, 0) is 6.42 Å². The number of aliphatic hydroxyl groups excluding tert-OH is 1. The van der Waals surface area contributed by atoms with Crippen molar-refractivity contribution in [1.82, 2.24) is 9.97 Å². The lowest BCUT2D eigenvalue weighted by Crippen LogP contribution is -2.11. The summed E-state index contributed by atoms with van der Waals surface area (Å²) in [4.78, 5) is 7.99. The second-order valence-corrected chi connectivity index (χ2v) is 3.40. The Morgan fingerprint density at radius 3 is 2.62 bits per heavy atom. The first-order chi connectivity index (χ1) is 6.22. The molecule has 0 spiro atoms. The fraction of sp³-hybridized carbons (Fsp3) is 0.556. The Bertz CT molecular complexity index is 250. The summed E-state index contributed by atoms with van der Waals surface area (Å²) in [6.45, 7) is 2.03. The number of hydrogen-bond acceptors (Lipinski definition) is 3. The van der Waals surface area contributed by atoms with Crippen LogP contribution in [0.15, 0.2) is 12.4 Å². The molecular weight excluding hydrogens is 188 g/mol. The Morgan fingerprint density at radius 1 is 1.46 bits per heavy atom. The van der Waals surface area contributed by atoms with Crippen molar-refractivity contribution in [3.8, 4) is 0 Å². The van der Waals surface area contributed by atoms with E-state index < -0.39 is 0 Å². The van der Waals surface area contributed by atoms with Gasteiger partial charge in [-0.1, -0.05) is 24.9 Å². The Balaban J connectivity index is 2.49. The van der Waals surface area contributed by atoms with Gasteiger partial charge in [-0.15, -0.1) is 0 Å². The van der Waals surface area contributed by atoms with E-state index in [9.17, 15) is 5.11 Å². The van der Waals surface area contributed by atoms with Gasteiger partial charge in [0, 0.05) is 18.8 Å². The smallest absolute Gasteiger partial charge is 0.130 e. The van der Waals surface area contributed by atoms with E-state index in [1.807, 2.05) is 6.92 Å². The van der Waals surface area contributed by atoms with Gasteiger partial charge in [0.15, 0.2) is 0 Å². The standard InChI is InChI=1S/C9H13ClN2O/c1-2-3-8(13)4-9-11-5-7(10)6-12-9/h5-6,8,13H,2-4H2,1H3. The van der Waals surface area contributed by atoms with E-state index in [2.05, 4.69) is 9.97 Å².